The van der Waals surface area contributed by atoms with Crippen LogP contribution in [0.25, 0.3) is 0 Å². The van der Waals surface area contributed by atoms with Gasteiger partial charge >= 0.3 is 6.18 Å². The largest absolute Gasteiger partial charge is 0.416 e. The molecule has 41 heavy (non-hydrogen) atoms. The molecule has 2 amide bonds. The third-order valence-corrected chi connectivity index (χ3v) is 10.4. The predicted molar refractivity (Wildman–Crippen MR) is 150 cm³/mol. The molecule has 0 bridgehead atoms. The average molecular weight is 589 g/mol. The highest BCUT2D eigenvalue weighted by molar-refractivity contribution is 8.00. The number of carbonyl (C=O) groups is 2. The number of nitrogens with zero attached hydrogens (tertiary/aromatic N) is 3. The van der Waals surface area contributed by atoms with Gasteiger partial charge in [0.15, 0.2) is 0 Å². The van der Waals surface area contributed by atoms with Gasteiger partial charge < -0.3 is 15.0 Å². The Bertz CT molecular complexity index is 1280. The van der Waals surface area contributed by atoms with E-state index in [1.54, 1.807) is 0 Å². The Morgan fingerprint density at radius 3 is 2.83 bits per heavy atom. The number of hydrogen-bond acceptors (Lipinski definition) is 6. The summed E-state index contributed by atoms with van der Waals surface area (Å²) in [5, 5.41) is 3.65. The number of halogens is 3. The van der Waals surface area contributed by atoms with Crippen LogP contribution in [0.3, 0.4) is 0 Å². The fourth-order valence-corrected chi connectivity index (χ4v) is 8.26. The fourth-order valence-electron chi connectivity index (χ4n) is 6.62. The van der Waals surface area contributed by atoms with E-state index in [-0.39, 0.29) is 34.6 Å². The van der Waals surface area contributed by atoms with Crippen molar-refractivity contribution in [3.63, 3.8) is 0 Å². The first-order valence-corrected chi connectivity index (χ1v) is 15.4. The van der Waals surface area contributed by atoms with Crippen LogP contribution in [0.2, 0.25) is 0 Å². The van der Waals surface area contributed by atoms with Gasteiger partial charge in [0.1, 0.15) is 0 Å². The zero-order valence-electron chi connectivity index (χ0n) is 22.9. The molecule has 3 unspecified atom stereocenters. The van der Waals surface area contributed by atoms with E-state index in [1.165, 1.54) is 16.5 Å². The van der Waals surface area contributed by atoms with Crippen LogP contribution in [0.4, 0.5) is 13.2 Å². The zero-order chi connectivity index (χ0) is 28.6. The summed E-state index contributed by atoms with van der Waals surface area (Å²) in [6, 6.07) is 7.71. The second-order valence-electron chi connectivity index (χ2n) is 11.4. The molecule has 0 saturated carbocycles. The van der Waals surface area contributed by atoms with Gasteiger partial charge in [-0.25, -0.2) is 0 Å². The molecule has 4 atom stereocenters. The normalized spacial score (nSPS) is 26.9. The SMILES string of the molecule is O=C(CN1CCc2ccc(C(F)(F)F)cc2C1=O)NC1CN(C2CCCOCC2)C[C@@H]1SC1CCc2cccnc21. The number of carbonyl (C=O) groups excluding carboxylic acids is 2. The lowest BCUT2D eigenvalue weighted by molar-refractivity contribution is -0.137. The number of alkyl halides is 3. The third-order valence-electron chi connectivity index (χ3n) is 8.77. The first kappa shape index (κ1) is 28.5. The van der Waals surface area contributed by atoms with Crippen LogP contribution < -0.4 is 5.32 Å². The molecule has 2 aromatic rings. The summed E-state index contributed by atoms with van der Waals surface area (Å²) in [5.74, 6) is -0.807. The van der Waals surface area contributed by atoms with Gasteiger partial charge in [0.2, 0.25) is 5.91 Å². The van der Waals surface area contributed by atoms with Crippen molar-refractivity contribution in [2.24, 2.45) is 0 Å². The van der Waals surface area contributed by atoms with Crippen LogP contribution in [0.5, 0.6) is 0 Å². The number of rotatable bonds is 6. The van der Waals surface area contributed by atoms with Gasteiger partial charge in [0.05, 0.1) is 23.8 Å². The quantitative estimate of drug-likeness (QED) is 0.544. The number of pyridine rings is 1. The Morgan fingerprint density at radius 1 is 1.10 bits per heavy atom. The standard InChI is InChI=1S/C30H35F3N4O3S/c31-30(32,33)21-7-5-19-9-12-36(29(39)23(19)15-21)18-27(38)35-24-16-37(22-4-2-13-40-14-10-22)17-26(24)41-25-8-6-20-3-1-11-34-28(20)25/h1,3,5,7,11,15,22,24-26H,2,4,6,8-10,12-14,16-18H2,(H,35,38)/t22?,24?,25?,26-/m0/s1. The molecule has 1 aromatic carbocycles. The number of amides is 2. The summed E-state index contributed by atoms with van der Waals surface area (Å²) in [4.78, 5) is 35.0. The Morgan fingerprint density at radius 2 is 1.98 bits per heavy atom. The van der Waals surface area contributed by atoms with Crippen molar-refractivity contribution in [2.75, 3.05) is 39.4 Å². The predicted octanol–water partition coefficient (Wildman–Crippen LogP) is 4.26. The van der Waals surface area contributed by atoms with E-state index in [4.69, 9.17) is 4.74 Å². The maximum Gasteiger partial charge on any atom is 0.416 e. The Balaban J connectivity index is 1.14. The van der Waals surface area contributed by atoms with E-state index in [0.717, 1.165) is 76.2 Å². The van der Waals surface area contributed by atoms with Crippen molar-refractivity contribution in [3.05, 3.63) is 64.5 Å². The Hall–Kier alpha value is -2.63. The maximum absolute atomic E-state index is 13.3. The number of ether oxygens (including phenoxy) is 1. The molecule has 4 aliphatic rings. The van der Waals surface area contributed by atoms with E-state index >= 15 is 0 Å². The van der Waals surface area contributed by atoms with Crippen molar-refractivity contribution in [1.82, 2.24) is 20.1 Å². The average Bonchev–Trinajstić information content (AvgIpc) is 3.42. The third kappa shape index (κ3) is 6.27. The van der Waals surface area contributed by atoms with Crippen molar-refractivity contribution >= 4 is 23.6 Å². The number of nitrogens with one attached hydrogen (secondary N) is 1. The smallest absolute Gasteiger partial charge is 0.381 e. The second kappa shape index (κ2) is 11.9. The minimum absolute atomic E-state index is 0.0299. The van der Waals surface area contributed by atoms with Gasteiger partial charge in [-0.3, -0.25) is 19.5 Å². The number of fused-ring (bicyclic) bond motifs is 2. The molecule has 11 heteroatoms. The van der Waals surface area contributed by atoms with Gasteiger partial charge in [0, 0.05) is 61.2 Å². The monoisotopic (exact) mass is 588 g/mol. The molecule has 7 nitrogen and oxygen atoms in total. The molecule has 220 valence electrons. The number of aromatic nitrogens is 1. The molecule has 2 fully saturated rings. The number of thioether (sulfide) groups is 1. The first-order chi connectivity index (χ1) is 19.8. The number of benzene rings is 1. The lowest BCUT2D eigenvalue weighted by atomic mass is 9.96. The van der Waals surface area contributed by atoms with Gasteiger partial charge in [-0.1, -0.05) is 12.1 Å². The van der Waals surface area contributed by atoms with Crippen LogP contribution in [-0.2, 0) is 28.5 Å². The Kier molecular flexibility index (Phi) is 8.29. The minimum atomic E-state index is -4.53. The molecule has 1 N–H and O–H groups in total. The van der Waals surface area contributed by atoms with Crippen molar-refractivity contribution in [3.8, 4) is 0 Å². The van der Waals surface area contributed by atoms with Crippen LogP contribution in [-0.4, -0.2) is 83.3 Å². The van der Waals surface area contributed by atoms with E-state index in [9.17, 15) is 22.8 Å². The van der Waals surface area contributed by atoms with Gasteiger partial charge in [-0.2, -0.15) is 13.2 Å². The number of hydrogen-bond donors (Lipinski definition) is 1. The molecule has 2 saturated heterocycles. The van der Waals surface area contributed by atoms with E-state index in [1.807, 2.05) is 24.0 Å². The van der Waals surface area contributed by atoms with E-state index < -0.39 is 17.6 Å². The van der Waals surface area contributed by atoms with Gasteiger partial charge in [-0.15, -0.1) is 11.8 Å². The summed E-state index contributed by atoms with van der Waals surface area (Å²) >= 11 is 1.88. The van der Waals surface area contributed by atoms with E-state index in [2.05, 4.69) is 21.3 Å². The summed E-state index contributed by atoms with van der Waals surface area (Å²) in [6.45, 7) is 3.23. The zero-order valence-corrected chi connectivity index (χ0v) is 23.7. The highest BCUT2D eigenvalue weighted by Crippen LogP contribution is 2.44. The molecule has 1 aliphatic carbocycles. The summed E-state index contributed by atoms with van der Waals surface area (Å²) in [6.07, 6.45) is 2.80. The summed E-state index contributed by atoms with van der Waals surface area (Å²) in [7, 11) is 0. The Labute approximate surface area is 242 Å². The molecule has 3 aliphatic heterocycles. The van der Waals surface area contributed by atoms with Crippen LogP contribution >= 0.6 is 11.8 Å². The lowest BCUT2D eigenvalue weighted by Gasteiger charge is -2.30. The summed E-state index contributed by atoms with van der Waals surface area (Å²) in [5.41, 5.74) is 2.19. The van der Waals surface area contributed by atoms with Crippen molar-refractivity contribution < 1.29 is 27.5 Å². The minimum Gasteiger partial charge on any atom is -0.381 e. The van der Waals surface area contributed by atoms with Crippen molar-refractivity contribution in [2.45, 2.75) is 67.3 Å². The van der Waals surface area contributed by atoms with Gasteiger partial charge in [0.25, 0.3) is 5.91 Å². The highest BCUT2D eigenvalue weighted by Gasteiger charge is 2.41. The molecule has 6 rings (SSSR count). The fraction of sp³-hybridized carbons (Fsp3) is 0.567. The topological polar surface area (TPSA) is 74.8 Å². The number of aryl methyl sites for hydroxylation is 1. The molecule has 0 spiro atoms. The second-order valence-corrected chi connectivity index (χ2v) is 12.9. The van der Waals surface area contributed by atoms with Crippen LogP contribution in [0.15, 0.2) is 36.5 Å². The molecular formula is C30H35F3N4O3S. The molecular weight excluding hydrogens is 553 g/mol. The number of likely N-dealkylation sites (tertiary alicyclic amines) is 1. The van der Waals surface area contributed by atoms with Crippen molar-refractivity contribution in [1.29, 1.82) is 0 Å². The van der Waals surface area contributed by atoms with Crippen LogP contribution in [0.1, 0.15) is 63.7 Å². The first-order valence-electron chi connectivity index (χ1n) is 14.5. The highest BCUT2D eigenvalue weighted by atomic mass is 32.2. The van der Waals surface area contributed by atoms with E-state index in [0.29, 0.717) is 24.6 Å². The molecule has 1 aromatic heterocycles. The molecule has 4 heterocycles. The summed E-state index contributed by atoms with van der Waals surface area (Å²) < 4.78 is 45.5. The maximum atomic E-state index is 13.3. The molecule has 0 radical (unpaired) electrons. The lowest BCUT2D eigenvalue weighted by Crippen LogP contribution is -2.49. The van der Waals surface area contributed by atoms with Crippen LogP contribution in [0, 0.1) is 0 Å². The van der Waals surface area contributed by atoms with Gasteiger partial charge in [-0.05, 0) is 67.9 Å².